The number of nitrogens with zero attached hydrogens (tertiary/aromatic N) is 3. The molecular weight excluding hydrogens is 322 g/mol. The van der Waals surface area contributed by atoms with Crippen LogP contribution in [0.1, 0.15) is 18.4 Å². The van der Waals surface area contributed by atoms with Gasteiger partial charge >= 0.3 is 0 Å². The maximum absolute atomic E-state index is 6.33. The van der Waals surface area contributed by atoms with Crippen molar-refractivity contribution in [2.45, 2.75) is 18.3 Å². The molecule has 3 aromatic rings. The number of hydrogen-bond acceptors (Lipinski definition) is 4. The molecule has 2 N–H and O–H groups in total. The predicted molar refractivity (Wildman–Crippen MR) is 96.1 cm³/mol. The number of aromatic amines is 1. The predicted octanol–water partition coefficient (Wildman–Crippen LogP) is 3.38. The first-order chi connectivity index (χ1) is 11.8. The molecule has 0 amide bonds. The van der Waals surface area contributed by atoms with E-state index in [9.17, 15) is 0 Å². The lowest BCUT2D eigenvalue weighted by atomic mass is 9.75. The standard InChI is InChI=1S/C18H18ClN5/c19-12-1-2-15-14(9-12)18(4-7-20-8-5-18)10-24(15)17-13-3-6-21-16(13)22-11-23-17/h1-3,6,9,11,20H,4-5,7-8,10H2,(H,21,22,23). The zero-order chi connectivity index (χ0) is 16.1. The molecule has 1 fully saturated rings. The van der Waals surface area contributed by atoms with Gasteiger partial charge in [-0.25, -0.2) is 9.97 Å². The molecule has 1 aromatic carbocycles. The molecule has 2 aliphatic heterocycles. The van der Waals surface area contributed by atoms with Crippen LogP contribution in [0.15, 0.2) is 36.8 Å². The Balaban J connectivity index is 1.70. The van der Waals surface area contributed by atoms with Crippen LogP contribution in [0.2, 0.25) is 5.02 Å². The summed E-state index contributed by atoms with van der Waals surface area (Å²) in [5.41, 5.74) is 3.61. The second-order valence-corrected chi connectivity index (χ2v) is 7.15. The summed E-state index contributed by atoms with van der Waals surface area (Å²) in [5, 5.41) is 5.35. The van der Waals surface area contributed by atoms with Gasteiger partial charge in [0.1, 0.15) is 17.8 Å². The largest absolute Gasteiger partial charge is 0.346 e. The van der Waals surface area contributed by atoms with Gasteiger partial charge in [0, 0.05) is 28.9 Å². The lowest BCUT2D eigenvalue weighted by Gasteiger charge is -2.34. The Labute approximate surface area is 145 Å². The van der Waals surface area contributed by atoms with E-state index in [1.165, 1.54) is 11.3 Å². The second-order valence-electron chi connectivity index (χ2n) is 6.72. The molecule has 24 heavy (non-hydrogen) atoms. The molecule has 1 saturated heterocycles. The van der Waals surface area contributed by atoms with E-state index < -0.39 is 0 Å². The van der Waals surface area contributed by atoms with Crippen LogP contribution in [0.25, 0.3) is 11.0 Å². The van der Waals surface area contributed by atoms with Crippen molar-refractivity contribution >= 4 is 34.1 Å². The molecule has 5 nitrogen and oxygen atoms in total. The van der Waals surface area contributed by atoms with Crippen molar-refractivity contribution in [3.63, 3.8) is 0 Å². The molecule has 4 heterocycles. The third-order valence-electron chi connectivity index (χ3n) is 5.43. The molecule has 6 heteroatoms. The number of rotatable bonds is 1. The summed E-state index contributed by atoms with van der Waals surface area (Å²) < 4.78 is 0. The Bertz CT molecular complexity index is 913. The Kier molecular flexibility index (Phi) is 3.08. The summed E-state index contributed by atoms with van der Waals surface area (Å²) in [4.78, 5) is 14.5. The Morgan fingerprint density at radius 3 is 2.88 bits per heavy atom. The quantitative estimate of drug-likeness (QED) is 0.713. The minimum atomic E-state index is 0.152. The molecule has 122 valence electrons. The molecule has 0 saturated carbocycles. The van der Waals surface area contributed by atoms with Gasteiger partial charge in [-0.15, -0.1) is 0 Å². The second kappa shape index (κ2) is 5.19. The Morgan fingerprint density at radius 1 is 1.12 bits per heavy atom. The third kappa shape index (κ3) is 1.98. The Hall–Kier alpha value is -2.11. The van der Waals surface area contributed by atoms with Crippen molar-refractivity contribution in [2.24, 2.45) is 0 Å². The zero-order valence-electron chi connectivity index (χ0n) is 13.2. The number of piperidine rings is 1. The fraction of sp³-hybridized carbons (Fsp3) is 0.333. The zero-order valence-corrected chi connectivity index (χ0v) is 14.0. The normalized spacial score (nSPS) is 19.1. The molecule has 0 unspecified atom stereocenters. The van der Waals surface area contributed by atoms with Gasteiger partial charge in [0.05, 0.1) is 5.39 Å². The van der Waals surface area contributed by atoms with Crippen LogP contribution in [0, 0.1) is 0 Å². The van der Waals surface area contributed by atoms with Gasteiger partial charge in [0.2, 0.25) is 0 Å². The van der Waals surface area contributed by atoms with Gasteiger partial charge in [-0.3, -0.25) is 0 Å². The summed E-state index contributed by atoms with van der Waals surface area (Å²) in [5.74, 6) is 0.972. The lowest BCUT2D eigenvalue weighted by molar-refractivity contribution is 0.329. The summed E-state index contributed by atoms with van der Waals surface area (Å²) in [6.45, 7) is 3.04. The SMILES string of the molecule is Clc1ccc2c(c1)C1(CCNCC1)CN2c1ncnc2[nH]ccc12. The fourth-order valence-corrected chi connectivity index (χ4v) is 4.41. The third-order valence-corrected chi connectivity index (χ3v) is 5.67. The van der Waals surface area contributed by atoms with E-state index in [1.807, 2.05) is 18.3 Å². The van der Waals surface area contributed by atoms with Gasteiger partial charge in [0.25, 0.3) is 0 Å². The maximum Gasteiger partial charge on any atom is 0.145 e. The minimum absolute atomic E-state index is 0.152. The van der Waals surface area contributed by atoms with Crippen LogP contribution in [-0.4, -0.2) is 34.6 Å². The van der Waals surface area contributed by atoms with Crippen molar-refractivity contribution in [1.29, 1.82) is 0 Å². The molecule has 2 aromatic heterocycles. The molecule has 0 bridgehead atoms. The molecule has 0 radical (unpaired) electrons. The summed E-state index contributed by atoms with van der Waals surface area (Å²) >= 11 is 6.33. The van der Waals surface area contributed by atoms with E-state index in [1.54, 1.807) is 6.33 Å². The van der Waals surface area contributed by atoms with Crippen molar-refractivity contribution in [2.75, 3.05) is 24.5 Å². The van der Waals surface area contributed by atoms with E-state index >= 15 is 0 Å². The van der Waals surface area contributed by atoms with E-state index in [0.29, 0.717) is 0 Å². The first-order valence-corrected chi connectivity index (χ1v) is 8.71. The van der Waals surface area contributed by atoms with Crippen LogP contribution >= 0.6 is 11.6 Å². The highest BCUT2D eigenvalue weighted by atomic mass is 35.5. The highest BCUT2D eigenvalue weighted by Crippen LogP contribution is 2.49. The summed E-state index contributed by atoms with van der Waals surface area (Å²) in [6, 6.07) is 8.31. The van der Waals surface area contributed by atoms with Crippen molar-refractivity contribution in [1.82, 2.24) is 20.3 Å². The number of H-pyrrole nitrogens is 1. The molecule has 0 atom stereocenters. The topological polar surface area (TPSA) is 56.8 Å². The average molecular weight is 340 g/mol. The van der Waals surface area contributed by atoms with Gasteiger partial charge in [-0.2, -0.15) is 0 Å². The summed E-state index contributed by atoms with van der Waals surface area (Å²) in [7, 11) is 0. The number of nitrogens with one attached hydrogen (secondary N) is 2. The monoisotopic (exact) mass is 339 g/mol. The maximum atomic E-state index is 6.33. The van der Waals surface area contributed by atoms with Gasteiger partial charge in [-0.1, -0.05) is 11.6 Å². The van der Waals surface area contributed by atoms with Crippen LogP contribution in [0.4, 0.5) is 11.5 Å². The van der Waals surface area contributed by atoms with Crippen molar-refractivity contribution < 1.29 is 0 Å². The number of halogens is 1. The molecule has 5 rings (SSSR count). The molecule has 1 spiro atoms. The highest BCUT2D eigenvalue weighted by molar-refractivity contribution is 6.30. The lowest BCUT2D eigenvalue weighted by Crippen LogP contribution is -2.42. The molecule has 0 aliphatic carbocycles. The van der Waals surface area contributed by atoms with Crippen LogP contribution in [0.3, 0.4) is 0 Å². The number of fused-ring (bicyclic) bond motifs is 3. The van der Waals surface area contributed by atoms with Crippen molar-refractivity contribution in [3.05, 3.63) is 47.4 Å². The minimum Gasteiger partial charge on any atom is -0.346 e. The fourth-order valence-electron chi connectivity index (χ4n) is 4.24. The number of aromatic nitrogens is 3. The van der Waals surface area contributed by atoms with Gasteiger partial charge < -0.3 is 15.2 Å². The van der Waals surface area contributed by atoms with E-state index in [2.05, 4.69) is 37.3 Å². The molecular formula is C18H18ClN5. The van der Waals surface area contributed by atoms with Gasteiger partial charge in [0.15, 0.2) is 0 Å². The van der Waals surface area contributed by atoms with Crippen LogP contribution < -0.4 is 10.2 Å². The highest BCUT2D eigenvalue weighted by Gasteiger charge is 2.44. The average Bonchev–Trinajstić information content (AvgIpc) is 3.19. The number of anilines is 2. The van der Waals surface area contributed by atoms with E-state index in [-0.39, 0.29) is 5.41 Å². The summed E-state index contributed by atoms with van der Waals surface area (Å²) in [6.07, 6.45) is 5.80. The van der Waals surface area contributed by atoms with E-state index in [4.69, 9.17) is 11.6 Å². The first kappa shape index (κ1) is 14.3. The van der Waals surface area contributed by atoms with Gasteiger partial charge in [-0.05, 0) is 55.8 Å². The molecule has 2 aliphatic rings. The van der Waals surface area contributed by atoms with E-state index in [0.717, 1.165) is 54.3 Å². The first-order valence-electron chi connectivity index (χ1n) is 8.33. The Morgan fingerprint density at radius 2 is 2.00 bits per heavy atom. The van der Waals surface area contributed by atoms with Crippen molar-refractivity contribution in [3.8, 4) is 0 Å². The number of hydrogen-bond donors (Lipinski definition) is 2. The number of benzene rings is 1. The van der Waals surface area contributed by atoms with Crippen LogP contribution in [-0.2, 0) is 5.41 Å². The smallest absolute Gasteiger partial charge is 0.145 e. The van der Waals surface area contributed by atoms with Crippen LogP contribution in [0.5, 0.6) is 0 Å².